The van der Waals surface area contributed by atoms with Crippen LogP contribution in [0, 0.1) is 11.6 Å². The molecule has 0 aliphatic heterocycles. The molecule has 18 heavy (non-hydrogen) atoms. The highest BCUT2D eigenvalue weighted by atomic mass is 19.2. The molecule has 0 spiro atoms. The predicted molar refractivity (Wildman–Crippen MR) is 64.5 cm³/mol. The molecule has 1 saturated carbocycles. The topological polar surface area (TPSA) is 44.5 Å². The highest BCUT2D eigenvalue weighted by Crippen LogP contribution is 2.31. The summed E-state index contributed by atoms with van der Waals surface area (Å²) in [7, 11) is 1.64. The van der Waals surface area contributed by atoms with Crippen molar-refractivity contribution < 1.29 is 18.3 Å². The molecular weight excluding hydrogens is 240 g/mol. The number of methoxy groups -OCH3 is 1. The van der Waals surface area contributed by atoms with E-state index in [1.165, 1.54) is 6.07 Å². The Morgan fingerprint density at radius 1 is 1.22 bits per heavy atom. The molecule has 5 heteroatoms. The molecule has 0 saturated heterocycles. The molecule has 2 atom stereocenters. The van der Waals surface area contributed by atoms with E-state index >= 15 is 0 Å². The van der Waals surface area contributed by atoms with Crippen molar-refractivity contribution in [1.29, 1.82) is 0 Å². The maximum Gasteiger partial charge on any atom is 0.202 e. The highest BCUT2D eigenvalue weighted by Gasteiger charge is 2.25. The fourth-order valence-electron chi connectivity index (χ4n) is 2.26. The van der Waals surface area contributed by atoms with Gasteiger partial charge in [-0.1, -0.05) is 0 Å². The predicted octanol–water partition coefficient (Wildman–Crippen LogP) is 2.88. The third kappa shape index (κ3) is 2.72. The Morgan fingerprint density at radius 3 is 2.67 bits per heavy atom. The molecule has 2 N–H and O–H groups in total. The van der Waals surface area contributed by atoms with Crippen LogP contribution >= 0.6 is 0 Å². The van der Waals surface area contributed by atoms with Crippen molar-refractivity contribution in [2.24, 2.45) is 0 Å². The minimum Gasteiger partial charge on any atom is -0.485 e. The van der Waals surface area contributed by atoms with Crippen molar-refractivity contribution in [3.8, 4) is 5.75 Å². The molecule has 0 radical (unpaired) electrons. The number of halogens is 2. The summed E-state index contributed by atoms with van der Waals surface area (Å²) < 4.78 is 37.5. The number of ether oxygens (including phenoxy) is 2. The molecular formula is C13H17F2NO2. The lowest BCUT2D eigenvalue weighted by Gasteiger charge is -2.29. The van der Waals surface area contributed by atoms with Gasteiger partial charge in [-0.3, -0.25) is 0 Å². The second kappa shape index (κ2) is 5.52. The van der Waals surface area contributed by atoms with Gasteiger partial charge in [-0.25, -0.2) is 4.39 Å². The average molecular weight is 257 g/mol. The minimum absolute atomic E-state index is 0.113. The van der Waals surface area contributed by atoms with Crippen molar-refractivity contribution in [2.45, 2.75) is 37.9 Å². The molecule has 3 nitrogen and oxygen atoms in total. The van der Waals surface area contributed by atoms with Crippen LogP contribution in [-0.4, -0.2) is 19.3 Å². The Bertz CT molecular complexity index is 426. The maximum atomic E-state index is 13.6. The zero-order chi connectivity index (χ0) is 13.1. The van der Waals surface area contributed by atoms with Gasteiger partial charge in [0.25, 0.3) is 0 Å². The molecule has 0 heterocycles. The third-order valence-electron chi connectivity index (χ3n) is 3.28. The smallest absolute Gasteiger partial charge is 0.202 e. The van der Waals surface area contributed by atoms with Gasteiger partial charge < -0.3 is 15.2 Å². The minimum atomic E-state index is -1.02. The number of nitrogens with two attached hydrogens (primary N) is 1. The third-order valence-corrected chi connectivity index (χ3v) is 3.28. The summed E-state index contributed by atoms with van der Waals surface area (Å²) in [5.74, 6) is -2.15. The standard InChI is InChI=1S/C13H17F2NO2/c1-17-8-3-2-4-9(7-8)18-13-11(16)6-5-10(14)12(13)15/h5-6,8-9H,2-4,7,16H2,1H3. The quantitative estimate of drug-likeness (QED) is 0.847. The summed E-state index contributed by atoms with van der Waals surface area (Å²) in [6, 6.07) is 2.31. The first-order valence-electron chi connectivity index (χ1n) is 6.04. The molecule has 1 aromatic rings. The zero-order valence-electron chi connectivity index (χ0n) is 10.3. The fourth-order valence-corrected chi connectivity index (χ4v) is 2.26. The van der Waals surface area contributed by atoms with Crippen LogP contribution in [0.3, 0.4) is 0 Å². The number of rotatable bonds is 3. The fraction of sp³-hybridized carbons (Fsp3) is 0.538. The Kier molecular flexibility index (Phi) is 4.01. The van der Waals surface area contributed by atoms with Gasteiger partial charge in [-0.15, -0.1) is 0 Å². The van der Waals surface area contributed by atoms with Crippen molar-refractivity contribution in [3.63, 3.8) is 0 Å². The second-order valence-electron chi connectivity index (χ2n) is 4.54. The molecule has 100 valence electrons. The average Bonchev–Trinajstić information content (AvgIpc) is 2.39. The number of hydrogen-bond acceptors (Lipinski definition) is 3. The van der Waals surface area contributed by atoms with Crippen molar-refractivity contribution >= 4 is 5.69 Å². The first-order chi connectivity index (χ1) is 8.61. The monoisotopic (exact) mass is 257 g/mol. The molecule has 0 aromatic heterocycles. The Balaban J connectivity index is 2.11. The van der Waals surface area contributed by atoms with E-state index < -0.39 is 11.6 Å². The van der Waals surface area contributed by atoms with Gasteiger partial charge in [0.1, 0.15) is 6.10 Å². The first-order valence-corrected chi connectivity index (χ1v) is 6.04. The number of hydrogen-bond donors (Lipinski definition) is 1. The molecule has 2 rings (SSSR count). The van der Waals surface area contributed by atoms with Crippen LogP contribution in [0.25, 0.3) is 0 Å². The van der Waals surface area contributed by atoms with E-state index in [1.807, 2.05) is 0 Å². The first kappa shape index (κ1) is 13.1. The lowest BCUT2D eigenvalue weighted by Crippen LogP contribution is -2.30. The van der Waals surface area contributed by atoms with Crippen LogP contribution < -0.4 is 10.5 Å². The van der Waals surface area contributed by atoms with E-state index in [4.69, 9.17) is 15.2 Å². The summed E-state index contributed by atoms with van der Waals surface area (Å²) in [5.41, 5.74) is 5.73. The van der Waals surface area contributed by atoms with Gasteiger partial charge >= 0.3 is 0 Å². The highest BCUT2D eigenvalue weighted by molar-refractivity contribution is 5.53. The molecule has 1 aliphatic rings. The van der Waals surface area contributed by atoms with E-state index in [0.717, 1.165) is 25.3 Å². The number of benzene rings is 1. The molecule has 1 fully saturated rings. The van der Waals surface area contributed by atoms with E-state index in [-0.39, 0.29) is 23.6 Å². The second-order valence-corrected chi connectivity index (χ2v) is 4.54. The van der Waals surface area contributed by atoms with E-state index in [2.05, 4.69) is 0 Å². The van der Waals surface area contributed by atoms with Gasteiger partial charge in [0.2, 0.25) is 5.82 Å². The van der Waals surface area contributed by atoms with Crippen LogP contribution in [0.15, 0.2) is 12.1 Å². The summed E-state index contributed by atoms with van der Waals surface area (Å²) in [6.07, 6.45) is 3.32. The van der Waals surface area contributed by atoms with Gasteiger partial charge in [-0.2, -0.15) is 4.39 Å². The summed E-state index contributed by atoms with van der Waals surface area (Å²) in [5, 5.41) is 0. The number of nitrogen functional groups attached to an aromatic ring is 1. The van der Waals surface area contributed by atoms with Crippen LogP contribution in [0.4, 0.5) is 14.5 Å². The van der Waals surface area contributed by atoms with Gasteiger partial charge in [0.15, 0.2) is 11.6 Å². The Labute approximate surface area is 105 Å². The van der Waals surface area contributed by atoms with Crippen molar-refractivity contribution in [1.82, 2.24) is 0 Å². The van der Waals surface area contributed by atoms with Crippen molar-refractivity contribution in [3.05, 3.63) is 23.8 Å². The molecule has 0 bridgehead atoms. The molecule has 1 aromatic carbocycles. The van der Waals surface area contributed by atoms with Crippen LogP contribution in [0.1, 0.15) is 25.7 Å². The number of anilines is 1. The molecule has 0 amide bonds. The Morgan fingerprint density at radius 2 is 1.94 bits per heavy atom. The SMILES string of the molecule is COC1CCCC(Oc2c(N)ccc(F)c2F)C1. The normalized spacial score (nSPS) is 23.9. The van der Waals surface area contributed by atoms with Crippen LogP contribution in [0.2, 0.25) is 0 Å². The largest absolute Gasteiger partial charge is 0.485 e. The summed E-state index contributed by atoms with van der Waals surface area (Å²) >= 11 is 0. The zero-order valence-corrected chi connectivity index (χ0v) is 10.3. The van der Waals surface area contributed by atoms with Gasteiger partial charge in [-0.05, 0) is 31.4 Å². The van der Waals surface area contributed by atoms with Crippen molar-refractivity contribution in [2.75, 3.05) is 12.8 Å². The summed E-state index contributed by atoms with van der Waals surface area (Å²) in [6.45, 7) is 0. The lowest BCUT2D eigenvalue weighted by molar-refractivity contribution is 0.0198. The van der Waals surface area contributed by atoms with Crippen LogP contribution in [-0.2, 0) is 4.74 Å². The summed E-state index contributed by atoms with van der Waals surface area (Å²) in [4.78, 5) is 0. The van der Waals surface area contributed by atoms with E-state index in [1.54, 1.807) is 7.11 Å². The maximum absolute atomic E-state index is 13.6. The van der Waals surface area contributed by atoms with E-state index in [0.29, 0.717) is 6.42 Å². The molecule has 1 aliphatic carbocycles. The molecule has 2 unspecified atom stereocenters. The Hall–Kier alpha value is -1.36. The van der Waals surface area contributed by atoms with E-state index in [9.17, 15) is 8.78 Å². The van der Waals surface area contributed by atoms with Gasteiger partial charge in [0.05, 0.1) is 11.8 Å². The van der Waals surface area contributed by atoms with Crippen LogP contribution in [0.5, 0.6) is 5.75 Å². The van der Waals surface area contributed by atoms with Gasteiger partial charge in [0, 0.05) is 13.5 Å². The lowest BCUT2D eigenvalue weighted by atomic mass is 9.95.